The van der Waals surface area contributed by atoms with Crippen molar-refractivity contribution < 1.29 is 9.59 Å². The second-order valence-electron chi connectivity index (χ2n) is 4.70. The lowest BCUT2D eigenvalue weighted by Crippen LogP contribution is -2.14. The summed E-state index contributed by atoms with van der Waals surface area (Å²) in [7, 11) is 0. The number of nitrogens with one attached hydrogen (secondary N) is 1. The van der Waals surface area contributed by atoms with Gasteiger partial charge in [0.1, 0.15) is 5.78 Å². The van der Waals surface area contributed by atoms with Gasteiger partial charge in [-0.15, -0.1) is 0 Å². The highest BCUT2D eigenvalue weighted by molar-refractivity contribution is 6.03. The Morgan fingerprint density at radius 2 is 1.57 bits per heavy atom. The van der Waals surface area contributed by atoms with Gasteiger partial charge in [0.25, 0.3) is 0 Å². The number of carbonyl (C=O) groups is 2. The molecule has 0 saturated heterocycles. The molecule has 2 aromatic rings. The van der Waals surface area contributed by atoms with Crippen molar-refractivity contribution in [3.8, 4) is 0 Å². The fourth-order valence-corrected chi connectivity index (χ4v) is 1.52. The van der Waals surface area contributed by atoms with Gasteiger partial charge in [-0.3, -0.25) is 9.59 Å². The monoisotopic (exact) mass is 284 g/mol. The Morgan fingerprint density at radius 3 is 2.05 bits per heavy atom. The molecule has 4 nitrogen and oxygen atoms in total. The van der Waals surface area contributed by atoms with Crippen LogP contribution in [0, 0.1) is 6.92 Å². The Kier molecular flexibility index (Phi) is 6.68. The second kappa shape index (κ2) is 8.53. The Bertz CT molecular complexity index is 556. The van der Waals surface area contributed by atoms with Crippen LogP contribution in [0.2, 0.25) is 0 Å². The van der Waals surface area contributed by atoms with Crippen molar-refractivity contribution in [2.75, 3.05) is 11.1 Å². The SMILES string of the molecule is CC(=O)CC(=O)Nc1ccccc1.Cc1ccc(N)cc1. The quantitative estimate of drug-likeness (QED) is 0.671. The van der Waals surface area contributed by atoms with Gasteiger partial charge in [0, 0.05) is 11.4 Å². The first-order chi connectivity index (χ1) is 9.97. The van der Waals surface area contributed by atoms with Gasteiger partial charge in [-0.1, -0.05) is 35.9 Å². The Hall–Kier alpha value is -2.62. The average Bonchev–Trinajstić information content (AvgIpc) is 2.43. The summed E-state index contributed by atoms with van der Waals surface area (Å²) < 4.78 is 0. The summed E-state index contributed by atoms with van der Waals surface area (Å²) in [5.74, 6) is -0.396. The van der Waals surface area contributed by atoms with Gasteiger partial charge < -0.3 is 11.1 Å². The van der Waals surface area contributed by atoms with E-state index < -0.39 is 0 Å². The van der Waals surface area contributed by atoms with Gasteiger partial charge in [0.2, 0.25) is 5.91 Å². The third-order valence-corrected chi connectivity index (χ3v) is 2.54. The number of carbonyl (C=O) groups excluding carboxylic acids is 2. The molecule has 3 N–H and O–H groups in total. The van der Waals surface area contributed by atoms with Crippen LogP contribution in [-0.4, -0.2) is 11.7 Å². The first-order valence-corrected chi connectivity index (χ1v) is 6.64. The van der Waals surface area contributed by atoms with E-state index in [1.807, 2.05) is 49.4 Å². The fraction of sp³-hybridized carbons (Fsp3) is 0.176. The van der Waals surface area contributed by atoms with E-state index in [2.05, 4.69) is 5.32 Å². The van der Waals surface area contributed by atoms with Gasteiger partial charge in [-0.2, -0.15) is 0 Å². The van der Waals surface area contributed by atoms with Gasteiger partial charge in [-0.25, -0.2) is 0 Å². The molecule has 0 bridgehead atoms. The highest BCUT2D eigenvalue weighted by Crippen LogP contribution is 2.05. The maximum absolute atomic E-state index is 11.1. The van der Waals surface area contributed by atoms with Crippen LogP contribution >= 0.6 is 0 Å². The van der Waals surface area contributed by atoms with Crippen LogP contribution < -0.4 is 11.1 Å². The minimum Gasteiger partial charge on any atom is -0.399 e. The number of hydrogen-bond donors (Lipinski definition) is 2. The van der Waals surface area contributed by atoms with Crippen molar-refractivity contribution in [2.45, 2.75) is 20.3 Å². The molecule has 0 aliphatic heterocycles. The average molecular weight is 284 g/mol. The van der Waals surface area contributed by atoms with Crippen LogP contribution in [0.15, 0.2) is 54.6 Å². The number of nitrogens with two attached hydrogens (primary N) is 1. The molecule has 21 heavy (non-hydrogen) atoms. The number of para-hydroxylation sites is 1. The number of nitrogen functional groups attached to an aromatic ring is 1. The minimum absolute atomic E-state index is 0.0606. The van der Waals surface area contributed by atoms with Crippen LogP contribution in [0.5, 0.6) is 0 Å². The van der Waals surface area contributed by atoms with Gasteiger partial charge in [0.15, 0.2) is 0 Å². The Balaban J connectivity index is 0.000000235. The topological polar surface area (TPSA) is 72.2 Å². The number of Topliss-reactive ketones (excluding diaryl/α,β-unsaturated/α-hetero) is 1. The maximum Gasteiger partial charge on any atom is 0.231 e. The van der Waals surface area contributed by atoms with E-state index in [1.54, 1.807) is 12.1 Å². The molecule has 0 radical (unpaired) electrons. The van der Waals surface area contributed by atoms with E-state index in [-0.39, 0.29) is 18.1 Å². The van der Waals surface area contributed by atoms with Crippen molar-refractivity contribution in [3.63, 3.8) is 0 Å². The standard InChI is InChI=1S/C10H11NO2.C7H9N/c1-8(12)7-10(13)11-9-5-3-2-4-6-9;1-6-2-4-7(8)5-3-6/h2-6H,7H2,1H3,(H,11,13);2-5H,8H2,1H3. The highest BCUT2D eigenvalue weighted by atomic mass is 16.2. The molecule has 0 fully saturated rings. The zero-order valence-electron chi connectivity index (χ0n) is 12.3. The fourth-order valence-electron chi connectivity index (χ4n) is 1.52. The van der Waals surface area contributed by atoms with Crippen LogP contribution in [0.25, 0.3) is 0 Å². The van der Waals surface area contributed by atoms with Crippen molar-refractivity contribution in [1.82, 2.24) is 0 Å². The molecule has 0 aromatic heterocycles. The van der Waals surface area contributed by atoms with E-state index in [1.165, 1.54) is 12.5 Å². The molecule has 1 amide bonds. The summed E-state index contributed by atoms with van der Waals surface area (Å²) in [6, 6.07) is 16.8. The predicted octanol–water partition coefficient (Wildman–Crippen LogP) is 3.18. The van der Waals surface area contributed by atoms with E-state index in [4.69, 9.17) is 5.73 Å². The summed E-state index contributed by atoms with van der Waals surface area (Å²) >= 11 is 0. The molecule has 0 aliphatic rings. The van der Waals surface area contributed by atoms with E-state index >= 15 is 0 Å². The summed E-state index contributed by atoms with van der Waals surface area (Å²) in [6.07, 6.45) is -0.0606. The van der Waals surface area contributed by atoms with Gasteiger partial charge >= 0.3 is 0 Å². The number of rotatable bonds is 3. The number of anilines is 2. The number of hydrogen-bond acceptors (Lipinski definition) is 3. The largest absolute Gasteiger partial charge is 0.399 e. The maximum atomic E-state index is 11.1. The van der Waals surface area contributed by atoms with E-state index in [9.17, 15) is 9.59 Å². The Morgan fingerprint density at radius 1 is 1.00 bits per heavy atom. The smallest absolute Gasteiger partial charge is 0.231 e. The predicted molar refractivity (Wildman–Crippen MR) is 86.0 cm³/mol. The lowest BCUT2D eigenvalue weighted by Gasteiger charge is -2.01. The lowest BCUT2D eigenvalue weighted by molar-refractivity contribution is -0.124. The zero-order chi connectivity index (χ0) is 15.7. The molecule has 110 valence electrons. The zero-order valence-corrected chi connectivity index (χ0v) is 12.3. The Labute approximate surface area is 125 Å². The number of aryl methyl sites for hydroxylation is 1. The van der Waals surface area contributed by atoms with Crippen molar-refractivity contribution in [3.05, 3.63) is 60.2 Å². The molecule has 0 unspecified atom stereocenters. The van der Waals surface area contributed by atoms with Crippen LogP contribution in [0.3, 0.4) is 0 Å². The molecule has 2 aromatic carbocycles. The van der Waals surface area contributed by atoms with Crippen LogP contribution in [0.1, 0.15) is 18.9 Å². The molecule has 0 heterocycles. The molecule has 4 heteroatoms. The molecule has 0 atom stereocenters. The van der Waals surface area contributed by atoms with E-state index in [0.717, 1.165) is 5.69 Å². The summed E-state index contributed by atoms with van der Waals surface area (Å²) in [5, 5.41) is 2.61. The van der Waals surface area contributed by atoms with Gasteiger partial charge in [0.05, 0.1) is 6.42 Å². The van der Waals surface area contributed by atoms with Crippen molar-refractivity contribution in [1.29, 1.82) is 0 Å². The third-order valence-electron chi connectivity index (χ3n) is 2.54. The molecular weight excluding hydrogens is 264 g/mol. The van der Waals surface area contributed by atoms with E-state index in [0.29, 0.717) is 5.69 Å². The molecule has 0 aliphatic carbocycles. The second-order valence-corrected chi connectivity index (χ2v) is 4.70. The van der Waals surface area contributed by atoms with Gasteiger partial charge in [-0.05, 0) is 38.1 Å². The minimum atomic E-state index is -0.265. The van der Waals surface area contributed by atoms with Crippen molar-refractivity contribution in [2.24, 2.45) is 0 Å². The summed E-state index contributed by atoms with van der Waals surface area (Å²) in [6.45, 7) is 3.43. The molecular formula is C17H20N2O2. The highest BCUT2D eigenvalue weighted by Gasteiger charge is 2.04. The third kappa shape index (κ3) is 7.52. The normalized spacial score (nSPS) is 9.24. The first kappa shape index (κ1) is 16.4. The number of amides is 1. The first-order valence-electron chi connectivity index (χ1n) is 6.64. The van der Waals surface area contributed by atoms with Crippen LogP contribution in [0.4, 0.5) is 11.4 Å². The summed E-state index contributed by atoms with van der Waals surface area (Å²) in [4.78, 5) is 21.7. The molecule has 0 spiro atoms. The molecule has 2 rings (SSSR count). The van der Waals surface area contributed by atoms with Crippen molar-refractivity contribution >= 4 is 23.1 Å². The number of benzene rings is 2. The lowest BCUT2D eigenvalue weighted by atomic mass is 10.2. The van der Waals surface area contributed by atoms with Crippen LogP contribution in [-0.2, 0) is 9.59 Å². The summed E-state index contributed by atoms with van der Waals surface area (Å²) in [5.41, 5.74) is 8.22. The molecule has 0 saturated carbocycles. The number of ketones is 1.